The molecule has 3 rings (SSSR count). The number of halogens is 1. The fourth-order valence-corrected chi connectivity index (χ4v) is 3.23. The summed E-state index contributed by atoms with van der Waals surface area (Å²) in [5.74, 6) is 1.30. The molecule has 0 fully saturated rings. The largest absolute Gasteiger partial charge is 0.385 e. The lowest BCUT2D eigenvalue weighted by Crippen LogP contribution is -2.21. The van der Waals surface area contributed by atoms with Crippen molar-refractivity contribution in [3.63, 3.8) is 0 Å². The standard InChI is InChI=1S/C20H23ClN2O/c1-24-14-4-13-22-20-18(15-7-10-17(21)11-8-15)12-9-16-5-2-3-6-19(16)23-20/h2-3,5-8,10-11,18H,4,9,12-14H2,1H3,(H,22,23). The SMILES string of the molecule is COCCCN=C1Nc2ccccc2CCC1c1ccc(Cl)cc1. The van der Waals surface area contributed by atoms with Gasteiger partial charge in [-0.25, -0.2) is 0 Å². The molecular weight excluding hydrogens is 320 g/mol. The van der Waals surface area contributed by atoms with E-state index in [9.17, 15) is 0 Å². The number of ether oxygens (including phenoxy) is 1. The van der Waals surface area contributed by atoms with Crippen LogP contribution < -0.4 is 5.32 Å². The highest BCUT2D eigenvalue weighted by molar-refractivity contribution is 6.30. The van der Waals surface area contributed by atoms with Crippen LogP contribution in [0.2, 0.25) is 5.02 Å². The maximum Gasteiger partial charge on any atom is 0.108 e. The number of para-hydroxylation sites is 1. The Morgan fingerprint density at radius 3 is 2.75 bits per heavy atom. The Bertz CT molecular complexity index is 697. The van der Waals surface area contributed by atoms with Crippen LogP contribution in [0.15, 0.2) is 53.5 Å². The van der Waals surface area contributed by atoms with Gasteiger partial charge in [-0.1, -0.05) is 41.9 Å². The van der Waals surface area contributed by atoms with Gasteiger partial charge < -0.3 is 10.1 Å². The predicted molar refractivity (Wildman–Crippen MR) is 101 cm³/mol. The third-order valence-corrected chi connectivity index (χ3v) is 4.63. The first kappa shape index (κ1) is 17.0. The molecule has 1 unspecified atom stereocenters. The number of fused-ring (bicyclic) bond motifs is 1. The van der Waals surface area contributed by atoms with Crippen molar-refractivity contribution in [3.05, 3.63) is 64.7 Å². The van der Waals surface area contributed by atoms with Crippen molar-refractivity contribution in [2.75, 3.05) is 25.6 Å². The van der Waals surface area contributed by atoms with E-state index in [0.29, 0.717) is 0 Å². The van der Waals surface area contributed by atoms with Crippen LogP contribution >= 0.6 is 11.6 Å². The Morgan fingerprint density at radius 2 is 1.96 bits per heavy atom. The first-order valence-electron chi connectivity index (χ1n) is 8.41. The molecule has 1 aliphatic rings. The summed E-state index contributed by atoms with van der Waals surface area (Å²) in [5.41, 5.74) is 3.77. The Hall–Kier alpha value is -1.84. The number of hydrogen-bond donors (Lipinski definition) is 1. The maximum absolute atomic E-state index is 6.05. The second kappa shape index (κ2) is 8.32. The molecule has 126 valence electrons. The molecule has 1 heterocycles. The minimum Gasteiger partial charge on any atom is -0.385 e. The van der Waals surface area contributed by atoms with Gasteiger partial charge in [-0.3, -0.25) is 4.99 Å². The average Bonchev–Trinajstić information content (AvgIpc) is 2.79. The molecule has 2 aromatic rings. The fourth-order valence-electron chi connectivity index (χ4n) is 3.10. The van der Waals surface area contributed by atoms with Crippen LogP contribution in [0.4, 0.5) is 5.69 Å². The fraction of sp³-hybridized carbons (Fsp3) is 0.350. The predicted octanol–water partition coefficient (Wildman–Crippen LogP) is 4.92. The van der Waals surface area contributed by atoms with Gasteiger partial charge in [-0.05, 0) is 48.6 Å². The Balaban J connectivity index is 1.88. The number of amidine groups is 1. The van der Waals surface area contributed by atoms with Gasteiger partial charge in [0.2, 0.25) is 0 Å². The van der Waals surface area contributed by atoms with Crippen LogP contribution in [0.5, 0.6) is 0 Å². The first-order valence-corrected chi connectivity index (χ1v) is 8.79. The average molecular weight is 343 g/mol. The maximum atomic E-state index is 6.05. The van der Waals surface area contributed by atoms with Crippen molar-refractivity contribution in [1.29, 1.82) is 0 Å². The molecule has 0 saturated heterocycles. The van der Waals surface area contributed by atoms with E-state index in [1.807, 2.05) is 12.1 Å². The van der Waals surface area contributed by atoms with Gasteiger partial charge in [0.05, 0.1) is 0 Å². The molecule has 0 aliphatic carbocycles. The number of nitrogens with one attached hydrogen (secondary N) is 1. The van der Waals surface area contributed by atoms with Crippen molar-refractivity contribution in [1.82, 2.24) is 0 Å². The number of methoxy groups -OCH3 is 1. The minimum absolute atomic E-state index is 0.261. The summed E-state index contributed by atoms with van der Waals surface area (Å²) in [7, 11) is 1.73. The molecule has 24 heavy (non-hydrogen) atoms. The lowest BCUT2D eigenvalue weighted by molar-refractivity contribution is 0.197. The van der Waals surface area contributed by atoms with Crippen LogP contribution in [-0.4, -0.2) is 26.1 Å². The highest BCUT2D eigenvalue weighted by Crippen LogP contribution is 2.31. The zero-order valence-corrected chi connectivity index (χ0v) is 14.7. The van der Waals surface area contributed by atoms with Crippen molar-refractivity contribution >= 4 is 23.1 Å². The molecule has 2 aromatic carbocycles. The van der Waals surface area contributed by atoms with Gasteiger partial charge in [0.15, 0.2) is 0 Å². The molecular formula is C20H23ClN2O. The van der Waals surface area contributed by atoms with Gasteiger partial charge in [0, 0.05) is 36.9 Å². The number of nitrogens with zero attached hydrogens (tertiary/aromatic N) is 1. The summed E-state index contributed by atoms with van der Waals surface area (Å²) in [5, 5.41) is 4.34. The van der Waals surface area contributed by atoms with E-state index in [1.54, 1.807) is 7.11 Å². The third kappa shape index (κ3) is 4.16. The van der Waals surface area contributed by atoms with E-state index in [2.05, 4.69) is 41.7 Å². The number of aliphatic imine (C=N–C) groups is 1. The zero-order valence-electron chi connectivity index (χ0n) is 14.0. The summed E-state index contributed by atoms with van der Waals surface area (Å²) in [6.07, 6.45) is 3.00. The Kier molecular flexibility index (Phi) is 5.89. The van der Waals surface area contributed by atoms with Crippen LogP contribution in [-0.2, 0) is 11.2 Å². The van der Waals surface area contributed by atoms with Gasteiger partial charge in [-0.2, -0.15) is 0 Å². The monoisotopic (exact) mass is 342 g/mol. The molecule has 0 radical (unpaired) electrons. The quantitative estimate of drug-likeness (QED) is 0.783. The normalized spacial score (nSPS) is 18.8. The Morgan fingerprint density at radius 1 is 1.17 bits per heavy atom. The topological polar surface area (TPSA) is 33.6 Å². The molecule has 1 aliphatic heterocycles. The van der Waals surface area contributed by atoms with E-state index in [1.165, 1.54) is 16.8 Å². The molecule has 1 N–H and O–H groups in total. The third-order valence-electron chi connectivity index (χ3n) is 4.37. The second-order valence-electron chi connectivity index (χ2n) is 6.04. The highest BCUT2D eigenvalue weighted by Gasteiger charge is 2.23. The lowest BCUT2D eigenvalue weighted by atomic mass is 9.92. The van der Waals surface area contributed by atoms with E-state index in [-0.39, 0.29) is 5.92 Å². The molecule has 0 saturated carbocycles. The van der Waals surface area contributed by atoms with E-state index in [0.717, 1.165) is 43.3 Å². The Labute approximate surface area is 148 Å². The first-order chi connectivity index (χ1) is 11.8. The number of hydrogen-bond acceptors (Lipinski definition) is 2. The van der Waals surface area contributed by atoms with Crippen LogP contribution in [0.1, 0.15) is 29.9 Å². The number of aryl methyl sites for hydroxylation is 1. The minimum atomic E-state index is 0.261. The second-order valence-corrected chi connectivity index (χ2v) is 6.47. The lowest BCUT2D eigenvalue weighted by Gasteiger charge is -2.18. The van der Waals surface area contributed by atoms with Crippen LogP contribution in [0.3, 0.4) is 0 Å². The summed E-state index contributed by atoms with van der Waals surface area (Å²) in [6.45, 7) is 1.50. The molecule has 0 spiro atoms. The molecule has 0 aromatic heterocycles. The van der Waals surface area contributed by atoms with Crippen molar-refractivity contribution in [2.24, 2.45) is 4.99 Å². The van der Waals surface area contributed by atoms with Crippen LogP contribution in [0.25, 0.3) is 0 Å². The van der Waals surface area contributed by atoms with Gasteiger partial charge in [-0.15, -0.1) is 0 Å². The number of benzene rings is 2. The van der Waals surface area contributed by atoms with E-state index >= 15 is 0 Å². The number of anilines is 1. The van der Waals surface area contributed by atoms with Crippen molar-refractivity contribution in [2.45, 2.75) is 25.2 Å². The summed E-state index contributed by atoms with van der Waals surface area (Å²) >= 11 is 6.05. The van der Waals surface area contributed by atoms with Gasteiger partial charge >= 0.3 is 0 Å². The summed E-state index contributed by atoms with van der Waals surface area (Å²) in [6, 6.07) is 16.6. The number of rotatable bonds is 5. The molecule has 0 bridgehead atoms. The van der Waals surface area contributed by atoms with Crippen molar-refractivity contribution < 1.29 is 4.74 Å². The molecule has 0 amide bonds. The molecule has 3 nitrogen and oxygen atoms in total. The van der Waals surface area contributed by atoms with Gasteiger partial charge in [0.25, 0.3) is 0 Å². The summed E-state index contributed by atoms with van der Waals surface area (Å²) < 4.78 is 5.13. The van der Waals surface area contributed by atoms with Gasteiger partial charge in [0.1, 0.15) is 5.84 Å². The van der Waals surface area contributed by atoms with Crippen LogP contribution in [0, 0.1) is 0 Å². The highest BCUT2D eigenvalue weighted by atomic mass is 35.5. The van der Waals surface area contributed by atoms with E-state index in [4.69, 9.17) is 21.3 Å². The molecule has 4 heteroatoms. The molecule has 1 atom stereocenters. The summed E-state index contributed by atoms with van der Waals surface area (Å²) in [4.78, 5) is 4.85. The van der Waals surface area contributed by atoms with Crippen molar-refractivity contribution in [3.8, 4) is 0 Å². The zero-order chi connectivity index (χ0) is 16.8. The van der Waals surface area contributed by atoms with E-state index < -0.39 is 0 Å². The smallest absolute Gasteiger partial charge is 0.108 e.